The third-order valence-electron chi connectivity index (χ3n) is 6.60. The largest absolute Gasteiger partial charge is 0.356 e. The summed E-state index contributed by atoms with van der Waals surface area (Å²) in [7, 11) is 0. The molecule has 2 aliphatic carbocycles. The number of rotatable bonds is 2. The highest BCUT2D eigenvalue weighted by molar-refractivity contribution is 14.0. The molecule has 0 spiro atoms. The fraction of sp³-hybridized carbons (Fsp3) is 0.941. The van der Waals surface area contributed by atoms with E-state index >= 15 is 0 Å². The fourth-order valence-corrected chi connectivity index (χ4v) is 5.32. The SMILES string of the molecule is CC1CCC2CN=C(NCC3(C)CC4CCC3C4)N2C1.I. The maximum Gasteiger partial charge on any atom is 0.194 e. The van der Waals surface area contributed by atoms with Gasteiger partial charge in [-0.15, -0.1) is 24.0 Å². The molecule has 1 saturated heterocycles. The first-order valence-corrected chi connectivity index (χ1v) is 8.69. The minimum atomic E-state index is 0. The molecule has 0 amide bonds. The Morgan fingerprint density at radius 3 is 2.86 bits per heavy atom. The van der Waals surface area contributed by atoms with Crippen molar-refractivity contribution in [3.8, 4) is 0 Å². The standard InChI is InChI=1S/C17H29N3.HI/c1-12-3-6-15-9-18-16(20(15)10-12)19-11-17(2)8-13-4-5-14(17)7-13;/h12-15H,3-11H2,1-2H3,(H,18,19);1H. The Balaban J connectivity index is 0.00000132. The molecular formula is C17H30IN3. The number of halogens is 1. The molecule has 5 atom stereocenters. The maximum absolute atomic E-state index is 4.80. The third-order valence-corrected chi connectivity index (χ3v) is 6.60. The van der Waals surface area contributed by atoms with Gasteiger partial charge in [0.05, 0.1) is 12.6 Å². The van der Waals surface area contributed by atoms with Gasteiger partial charge in [0, 0.05) is 13.1 Å². The van der Waals surface area contributed by atoms with Gasteiger partial charge >= 0.3 is 0 Å². The third kappa shape index (κ3) is 2.81. The van der Waals surface area contributed by atoms with Crippen LogP contribution in [0.25, 0.3) is 0 Å². The van der Waals surface area contributed by atoms with Crippen molar-refractivity contribution in [2.45, 2.75) is 58.4 Å². The molecule has 3 fully saturated rings. The fourth-order valence-electron chi connectivity index (χ4n) is 5.32. The number of piperidine rings is 1. The molecule has 21 heavy (non-hydrogen) atoms. The van der Waals surface area contributed by atoms with Crippen molar-refractivity contribution in [3.63, 3.8) is 0 Å². The Hall–Kier alpha value is 0. The van der Waals surface area contributed by atoms with Crippen LogP contribution in [0.1, 0.15) is 52.4 Å². The molecule has 1 N–H and O–H groups in total. The molecule has 0 aromatic carbocycles. The maximum atomic E-state index is 4.80. The first kappa shape index (κ1) is 15.9. The van der Waals surface area contributed by atoms with Gasteiger partial charge < -0.3 is 10.2 Å². The molecule has 120 valence electrons. The Morgan fingerprint density at radius 2 is 2.14 bits per heavy atom. The van der Waals surface area contributed by atoms with E-state index in [9.17, 15) is 0 Å². The van der Waals surface area contributed by atoms with Crippen molar-refractivity contribution in [1.29, 1.82) is 0 Å². The second kappa shape index (κ2) is 5.89. The number of fused-ring (bicyclic) bond motifs is 3. The number of guanidine groups is 1. The molecule has 4 aliphatic rings. The van der Waals surface area contributed by atoms with Gasteiger partial charge in [0.25, 0.3) is 0 Å². The number of hydrogen-bond donors (Lipinski definition) is 1. The van der Waals surface area contributed by atoms with Crippen LogP contribution in [0.2, 0.25) is 0 Å². The summed E-state index contributed by atoms with van der Waals surface area (Å²) in [5, 5.41) is 3.74. The van der Waals surface area contributed by atoms with Crippen LogP contribution in [0.4, 0.5) is 0 Å². The van der Waals surface area contributed by atoms with E-state index in [1.165, 1.54) is 51.0 Å². The minimum absolute atomic E-state index is 0. The predicted molar refractivity (Wildman–Crippen MR) is 98.2 cm³/mol. The van der Waals surface area contributed by atoms with Crippen molar-refractivity contribution in [1.82, 2.24) is 10.2 Å². The smallest absolute Gasteiger partial charge is 0.194 e. The number of nitrogens with one attached hydrogen (secondary N) is 1. The van der Waals surface area contributed by atoms with E-state index in [2.05, 4.69) is 24.1 Å². The lowest BCUT2D eigenvalue weighted by Crippen LogP contribution is -2.50. The van der Waals surface area contributed by atoms with Crippen LogP contribution in [0, 0.1) is 23.2 Å². The van der Waals surface area contributed by atoms with Crippen LogP contribution >= 0.6 is 24.0 Å². The van der Waals surface area contributed by atoms with Gasteiger partial charge in [-0.05, 0) is 55.3 Å². The van der Waals surface area contributed by atoms with E-state index in [0.29, 0.717) is 11.5 Å². The molecule has 0 aromatic heterocycles. The number of hydrogen-bond acceptors (Lipinski definition) is 3. The zero-order valence-electron chi connectivity index (χ0n) is 13.5. The van der Waals surface area contributed by atoms with Gasteiger partial charge in [0.2, 0.25) is 0 Å². The average molecular weight is 403 g/mol. The van der Waals surface area contributed by atoms with Gasteiger partial charge in [-0.2, -0.15) is 0 Å². The van der Waals surface area contributed by atoms with Crippen LogP contribution in [-0.2, 0) is 0 Å². The van der Waals surface area contributed by atoms with E-state index in [0.717, 1.165) is 30.8 Å². The summed E-state index contributed by atoms with van der Waals surface area (Å²) in [6, 6.07) is 0.696. The van der Waals surface area contributed by atoms with E-state index in [-0.39, 0.29) is 24.0 Å². The van der Waals surface area contributed by atoms with Crippen molar-refractivity contribution in [2.75, 3.05) is 19.6 Å². The van der Waals surface area contributed by atoms with Crippen molar-refractivity contribution in [2.24, 2.45) is 28.2 Å². The monoisotopic (exact) mass is 403 g/mol. The van der Waals surface area contributed by atoms with Gasteiger partial charge in [-0.3, -0.25) is 4.99 Å². The minimum Gasteiger partial charge on any atom is -0.356 e. The zero-order chi connectivity index (χ0) is 13.7. The van der Waals surface area contributed by atoms with E-state index < -0.39 is 0 Å². The molecular weight excluding hydrogens is 373 g/mol. The number of aliphatic imine (C=N–C) groups is 1. The predicted octanol–water partition coefficient (Wildman–Crippen LogP) is 3.49. The summed E-state index contributed by atoms with van der Waals surface area (Å²) in [4.78, 5) is 7.36. The highest BCUT2D eigenvalue weighted by Gasteiger charge is 2.48. The van der Waals surface area contributed by atoms with Crippen LogP contribution in [0.3, 0.4) is 0 Å². The Morgan fingerprint density at radius 1 is 1.29 bits per heavy atom. The lowest BCUT2D eigenvalue weighted by molar-refractivity contribution is 0.181. The van der Waals surface area contributed by atoms with Crippen LogP contribution in [-0.4, -0.2) is 36.5 Å². The van der Waals surface area contributed by atoms with Crippen LogP contribution in [0.15, 0.2) is 4.99 Å². The topological polar surface area (TPSA) is 27.6 Å². The van der Waals surface area contributed by atoms with E-state index in [4.69, 9.17) is 4.99 Å². The molecule has 2 aliphatic heterocycles. The van der Waals surface area contributed by atoms with Crippen LogP contribution in [0.5, 0.6) is 0 Å². The summed E-state index contributed by atoms with van der Waals surface area (Å²) in [5.41, 5.74) is 0.533. The summed E-state index contributed by atoms with van der Waals surface area (Å²) in [6.07, 6.45) is 8.61. The summed E-state index contributed by atoms with van der Waals surface area (Å²) >= 11 is 0. The lowest BCUT2D eigenvalue weighted by atomic mass is 9.75. The molecule has 4 rings (SSSR count). The van der Waals surface area contributed by atoms with Gasteiger partial charge in [-0.25, -0.2) is 0 Å². The molecule has 0 aromatic rings. The quantitative estimate of drug-likeness (QED) is 0.715. The number of nitrogens with zero attached hydrogens (tertiary/aromatic N) is 2. The lowest BCUT2D eigenvalue weighted by Gasteiger charge is -2.38. The van der Waals surface area contributed by atoms with Gasteiger partial charge in [0.1, 0.15) is 0 Å². The van der Waals surface area contributed by atoms with Crippen molar-refractivity contribution in [3.05, 3.63) is 0 Å². The molecule has 2 saturated carbocycles. The first-order valence-electron chi connectivity index (χ1n) is 8.69. The molecule has 4 heteroatoms. The molecule has 2 bridgehead atoms. The second-order valence-electron chi connectivity index (χ2n) is 8.24. The molecule has 0 radical (unpaired) electrons. The molecule has 5 unspecified atom stereocenters. The Kier molecular flexibility index (Phi) is 4.46. The van der Waals surface area contributed by atoms with Gasteiger partial charge in [0.15, 0.2) is 5.96 Å². The van der Waals surface area contributed by atoms with Crippen LogP contribution < -0.4 is 5.32 Å². The highest BCUT2D eigenvalue weighted by Crippen LogP contribution is 2.55. The summed E-state index contributed by atoms with van der Waals surface area (Å²) < 4.78 is 0. The first-order chi connectivity index (χ1) is 9.64. The highest BCUT2D eigenvalue weighted by atomic mass is 127. The molecule has 3 nitrogen and oxygen atoms in total. The second-order valence-corrected chi connectivity index (χ2v) is 8.24. The van der Waals surface area contributed by atoms with E-state index in [1.807, 2.05) is 0 Å². The summed E-state index contributed by atoms with van der Waals surface area (Å²) in [5.74, 6) is 4.04. The Labute approximate surface area is 146 Å². The normalized spacial score (nSPS) is 44.3. The zero-order valence-corrected chi connectivity index (χ0v) is 15.8. The van der Waals surface area contributed by atoms with Crippen molar-refractivity contribution < 1.29 is 0 Å². The van der Waals surface area contributed by atoms with Gasteiger partial charge in [-0.1, -0.05) is 20.3 Å². The Bertz CT molecular complexity index is 424. The molecule has 2 heterocycles. The van der Waals surface area contributed by atoms with E-state index in [1.54, 1.807) is 0 Å². The van der Waals surface area contributed by atoms with Crippen molar-refractivity contribution >= 4 is 29.9 Å². The average Bonchev–Trinajstić information content (AvgIpc) is 3.10. The summed E-state index contributed by atoms with van der Waals surface area (Å²) in [6.45, 7) is 8.26.